The number of nitro groups is 1. The first kappa shape index (κ1) is 15.5. The molecule has 1 aliphatic rings. The van der Waals surface area contributed by atoms with Crippen molar-refractivity contribution in [2.75, 3.05) is 18.5 Å². The number of benzene rings is 2. The number of nitrogens with one attached hydrogen (secondary N) is 1. The highest BCUT2D eigenvalue weighted by atomic mass is 16.6. The van der Waals surface area contributed by atoms with Crippen LogP contribution < -0.4 is 14.8 Å². The van der Waals surface area contributed by atoms with E-state index in [4.69, 9.17) is 9.47 Å². The Labute approximate surface area is 137 Å². The molecule has 2 aromatic rings. The van der Waals surface area contributed by atoms with Gasteiger partial charge >= 0.3 is 0 Å². The van der Waals surface area contributed by atoms with E-state index in [0.29, 0.717) is 36.0 Å². The third-order valence-corrected chi connectivity index (χ3v) is 3.36. The molecule has 2 aromatic carbocycles. The summed E-state index contributed by atoms with van der Waals surface area (Å²) in [4.78, 5) is 22.4. The molecule has 1 aliphatic heterocycles. The number of carbonyl (C=O) groups excluding carboxylic acids is 1. The van der Waals surface area contributed by atoms with Crippen molar-refractivity contribution in [3.8, 4) is 11.5 Å². The van der Waals surface area contributed by atoms with Crippen LogP contribution in [0.15, 0.2) is 48.5 Å². The van der Waals surface area contributed by atoms with Crippen LogP contribution in [0.2, 0.25) is 0 Å². The number of amides is 1. The lowest BCUT2D eigenvalue weighted by molar-refractivity contribution is -0.385. The highest BCUT2D eigenvalue weighted by molar-refractivity contribution is 6.02. The second-order valence-electron chi connectivity index (χ2n) is 5.00. The Hall–Kier alpha value is -3.35. The van der Waals surface area contributed by atoms with E-state index in [1.807, 2.05) is 0 Å². The van der Waals surface area contributed by atoms with Gasteiger partial charge in [0.05, 0.1) is 10.5 Å². The Morgan fingerprint density at radius 1 is 1.12 bits per heavy atom. The lowest BCUT2D eigenvalue weighted by Gasteiger charge is -2.18. The number of carbonyl (C=O) groups is 1. The Morgan fingerprint density at radius 2 is 1.88 bits per heavy atom. The largest absolute Gasteiger partial charge is 0.486 e. The van der Waals surface area contributed by atoms with Crippen molar-refractivity contribution in [2.45, 2.75) is 0 Å². The number of rotatable bonds is 4. The number of hydrogen-bond acceptors (Lipinski definition) is 5. The molecular weight excluding hydrogens is 312 g/mol. The van der Waals surface area contributed by atoms with E-state index >= 15 is 0 Å². The van der Waals surface area contributed by atoms with Crippen LogP contribution in [0.1, 0.15) is 5.56 Å². The molecule has 0 fully saturated rings. The third-order valence-electron chi connectivity index (χ3n) is 3.36. The van der Waals surface area contributed by atoms with Crippen molar-refractivity contribution in [3.63, 3.8) is 0 Å². The summed E-state index contributed by atoms with van der Waals surface area (Å²) in [6.45, 7) is 0.958. The average Bonchev–Trinajstić information content (AvgIpc) is 2.60. The fourth-order valence-corrected chi connectivity index (χ4v) is 2.27. The molecule has 1 amide bonds. The van der Waals surface area contributed by atoms with Crippen LogP contribution in [0.4, 0.5) is 11.4 Å². The zero-order valence-electron chi connectivity index (χ0n) is 12.6. The van der Waals surface area contributed by atoms with Gasteiger partial charge in [-0.2, -0.15) is 0 Å². The van der Waals surface area contributed by atoms with Crippen molar-refractivity contribution in [2.24, 2.45) is 0 Å². The summed E-state index contributed by atoms with van der Waals surface area (Å²) in [6, 6.07) is 11.3. The lowest BCUT2D eigenvalue weighted by atomic mass is 10.1. The van der Waals surface area contributed by atoms with E-state index in [0.717, 1.165) is 0 Å². The molecule has 0 aliphatic carbocycles. The maximum Gasteiger partial charge on any atom is 0.276 e. The molecule has 0 saturated heterocycles. The summed E-state index contributed by atoms with van der Waals surface area (Å²) in [5.41, 5.74) is 0.858. The van der Waals surface area contributed by atoms with Gasteiger partial charge in [-0.3, -0.25) is 14.9 Å². The molecule has 0 bridgehead atoms. The molecule has 7 heteroatoms. The van der Waals surface area contributed by atoms with E-state index < -0.39 is 10.8 Å². The molecule has 0 radical (unpaired) electrons. The van der Waals surface area contributed by atoms with Gasteiger partial charge in [0.1, 0.15) is 13.2 Å². The van der Waals surface area contributed by atoms with Crippen LogP contribution in [0, 0.1) is 10.1 Å². The number of para-hydroxylation sites is 1. The van der Waals surface area contributed by atoms with Gasteiger partial charge in [-0.05, 0) is 24.3 Å². The Morgan fingerprint density at radius 3 is 2.67 bits per heavy atom. The van der Waals surface area contributed by atoms with Crippen LogP contribution >= 0.6 is 0 Å². The topological polar surface area (TPSA) is 90.7 Å². The van der Waals surface area contributed by atoms with Gasteiger partial charge in [0.15, 0.2) is 11.5 Å². The van der Waals surface area contributed by atoms with Crippen LogP contribution in [0.3, 0.4) is 0 Å². The van der Waals surface area contributed by atoms with E-state index in [-0.39, 0.29) is 5.69 Å². The molecule has 7 nitrogen and oxygen atoms in total. The first-order chi connectivity index (χ1) is 11.6. The SMILES string of the molecule is O=C(C=Cc1ccccc1[N+](=O)[O-])Nc1ccc2c(c1)OCCO2. The normalized spacial score (nSPS) is 12.8. The highest BCUT2D eigenvalue weighted by Gasteiger charge is 2.13. The van der Waals surface area contributed by atoms with Gasteiger partial charge in [-0.15, -0.1) is 0 Å². The second-order valence-corrected chi connectivity index (χ2v) is 5.00. The van der Waals surface area contributed by atoms with Gasteiger partial charge in [-0.25, -0.2) is 0 Å². The van der Waals surface area contributed by atoms with Crippen LogP contribution in [-0.2, 0) is 4.79 Å². The molecule has 1 N–H and O–H groups in total. The highest BCUT2D eigenvalue weighted by Crippen LogP contribution is 2.32. The molecule has 0 spiro atoms. The van der Waals surface area contributed by atoms with Crippen LogP contribution in [-0.4, -0.2) is 24.0 Å². The van der Waals surface area contributed by atoms with Crippen molar-refractivity contribution < 1.29 is 19.2 Å². The Balaban J connectivity index is 1.71. The minimum absolute atomic E-state index is 0.0547. The van der Waals surface area contributed by atoms with Gasteiger partial charge in [0.25, 0.3) is 5.69 Å². The summed E-state index contributed by atoms with van der Waals surface area (Å²) in [6.07, 6.45) is 2.66. The minimum atomic E-state index is -0.488. The molecule has 1 heterocycles. The molecule has 0 atom stereocenters. The predicted molar refractivity (Wildman–Crippen MR) is 88.2 cm³/mol. The summed E-state index contributed by atoms with van der Waals surface area (Å²) in [5.74, 6) is 0.807. The number of fused-ring (bicyclic) bond motifs is 1. The van der Waals surface area contributed by atoms with Crippen molar-refractivity contribution >= 4 is 23.4 Å². The molecule has 0 saturated carbocycles. The first-order valence-corrected chi connectivity index (χ1v) is 7.25. The summed E-state index contributed by atoms with van der Waals surface area (Å²) in [5, 5.41) is 13.6. The molecule has 3 rings (SSSR count). The van der Waals surface area contributed by atoms with E-state index in [1.54, 1.807) is 36.4 Å². The molecular formula is C17H14N2O5. The summed E-state index contributed by atoms with van der Waals surface area (Å²) < 4.78 is 10.9. The Bertz CT molecular complexity index is 816. The number of nitro benzene ring substituents is 1. The Kier molecular flexibility index (Phi) is 4.42. The zero-order chi connectivity index (χ0) is 16.9. The maximum atomic E-state index is 12.0. The number of nitrogens with zero attached hydrogens (tertiary/aromatic N) is 1. The van der Waals surface area contributed by atoms with Gasteiger partial charge in [0, 0.05) is 23.9 Å². The number of hydrogen-bond donors (Lipinski definition) is 1. The first-order valence-electron chi connectivity index (χ1n) is 7.25. The van der Waals surface area contributed by atoms with Crippen molar-refractivity contribution in [3.05, 3.63) is 64.2 Å². The monoisotopic (exact) mass is 326 g/mol. The van der Waals surface area contributed by atoms with Gasteiger partial charge < -0.3 is 14.8 Å². The smallest absolute Gasteiger partial charge is 0.276 e. The number of anilines is 1. The maximum absolute atomic E-state index is 12.0. The van der Waals surface area contributed by atoms with Crippen LogP contribution in [0.25, 0.3) is 6.08 Å². The molecule has 122 valence electrons. The summed E-state index contributed by atoms with van der Waals surface area (Å²) >= 11 is 0. The number of ether oxygens (including phenoxy) is 2. The van der Waals surface area contributed by atoms with E-state index in [2.05, 4.69) is 5.32 Å². The van der Waals surface area contributed by atoms with Crippen LogP contribution in [0.5, 0.6) is 11.5 Å². The van der Waals surface area contributed by atoms with Gasteiger partial charge in [0.2, 0.25) is 5.91 Å². The standard InChI is InChI=1S/C17H14N2O5/c20-17(8-5-12-3-1-2-4-14(12)19(21)22)18-13-6-7-15-16(11-13)24-10-9-23-15/h1-8,11H,9-10H2,(H,18,20). The van der Waals surface area contributed by atoms with E-state index in [1.165, 1.54) is 18.2 Å². The average molecular weight is 326 g/mol. The zero-order valence-corrected chi connectivity index (χ0v) is 12.6. The van der Waals surface area contributed by atoms with Crippen molar-refractivity contribution in [1.82, 2.24) is 0 Å². The van der Waals surface area contributed by atoms with Crippen molar-refractivity contribution in [1.29, 1.82) is 0 Å². The third kappa shape index (κ3) is 3.52. The molecule has 0 unspecified atom stereocenters. The van der Waals surface area contributed by atoms with E-state index in [9.17, 15) is 14.9 Å². The fraction of sp³-hybridized carbons (Fsp3) is 0.118. The predicted octanol–water partition coefficient (Wildman–Crippen LogP) is 3.02. The molecule has 0 aromatic heterocycles. The minimum Gasteiger partial charge on any atom is -0.486 e. The lowest BCUT2D eigenvalue weighted by Crippen LogP contribution is -2.16. The summed E-state index contributed by atoms with van der Waals surface area (Å²) in [7, 11) is 0. The fourth-order valence-electron chi connectivity index (χ4n) is 2.27. The van der Waals surface area contributed by atoms with Gasteiger partial charge in [-0.1, -0.05) is 12.1 Å². The molecule has 24 heavy (non-hydrogen) atoms. The quantitative estimate of drug-likeness (QED) is 0.530. The second kappa shape index (κ2) is 6.82.